The fraction of sp³-hybridized carbons (Fsp3) is 0.769. The third-order valence-corrected chi connectivity index (χ3v) is 4.48. The summed E-state index contributed by atoms with van der Waals surface area (Å²) in [4.78, 5) is 4.36. The van der Waals surface area contributed by atoms with Gasteiger partial charge in [0, 0.05) is 37.8 Å². The number of nitrogens with two attached hydrogens (primary N) is 1. The summed E-state index contributed by atoms with van der Waals surface area (Å²) in [5, 5.41) is 0. The topological polar surface area (TPSA) is 65.1 Å². The highest BCUT2D eigenvalue weighted by Gasteiger charge is 2.43. The van der Waals surface area contributed by atoms with Crippen molar-refractivity contribution < 1.29 is 4.74 Å². The summed E-state index contributed by atoms with van der Waals surface area (Å²) in [5.41, 5.74) is 2.99. The number of hydrogen-bond donors (Lipinski definition) is 2. The molecule has 1 aromatic rings. The zero-order chi connectivity index (χ0) is 12.5. The summed E-state index contributed by atoms with van der Waals surface area (Å²) in [6.07, 6.45) is 10.3. The average molecular weight is 250 g/mol. The quantitative estimate of drug-likeness (QED) is 0.598. The SMILES string of the molecule is Cn1ccnc1CCC(NN)C1CC2CCC1O2. The second kappa shape index (κ2) is 4.99. The molecule has 0 spiro atoms. The van der Waals surface area contributed by atoms with Gasteiger partial charge in [0.05, 0.1) is 12.2 Å². The van der Waals surface area contributed by atoms with E-state index in [0.29, 0.717) is 24.2 Å². The van der Waals surface area contributed by atoms with Crippen LogP contribution >= 0.6 is 0 Å². The van der Waals surface area contributed by atoms with E-state index in [0.717, 1.165) is 18.7 Å². The first-order valence-corrected chi connectivity index (χ1v) is 6.85. The summed E-state index contributed by atoms with van der Waals surface area (Å²) >= 11 is 0. The van der Waals surface area contributed by atoms with Crippen LogP contribution in [0.4, 0.5) is 0 Å². The van der Waals surface area contributed by atoms with E-state index in [1.54, 1.807) is 0 Å². The predicted molar refractivity (Wildman–Crippen MR) is 68.6 cm³/mol. The molecule has 2 aliphatic rings. The predicted octanol–water partition coefficient (Wildman–Crippen LogP) is 0.752. The summed E-state index contributed by atoms with van der Waals surface area (Å²) in [6.45, 7) is 0. The van der Waals surface area contributed by atoms with E-state index in [-0.39, 0.29) is 0 Å². The Labute approximate surface area is 108 Å². The number of hydrazine groups is 1. The van der Waals surface area contributed by atoms with Crippen LogP contribution in [0.3, 0.4) is 0 Å². The first-order chi connectivity index (χ1) is 8.78. The summed E-state index contributed by atoms with van der Waals surface area (Å²) < 4.78 is 7.99. The van der Waals surface area contributed by atoms with Gasteiger partial charge in [-0.2, -0.15) is 0 Å². The van der Waals surface area contributed by atoms with E-state index >= 15 is 0 Å². The van der Waals surface area contributed by atoms with Gasteiger partial charge in [0.1, 0.15) is 5.82 Å². The van der Waals surface area contributed by atoms with Gasteiger partial charge in [0.15, 0.2) is 0 Å². The Morgan fingerprint density at radius 2 is 2.50 bits per heavy atom. The molecular weight excluding hydrogens is 228 g/mol. The second-order valence-corrected chi connectivity index (χ2v) is 5.54. The Hall–Kier alpha value is -0.910. The fourth-order valence-corrected chi connectivity index (χ4v) is 3.44. The molecule has 18 heavy (non-hydrogen) atoms. The molecule has 2 bridgehead atoms. The maximum absolute atomic E-state index is 5.91. The molecule has 5 heteroatoms. The Bertz CT molecular complexity index is 405. The molecule has 1 aromatic heterocycles. The highest BCUT2D eigenvalue weighted by molar-refractivity contribution is 4.97. The Morgan fingerprint density at radius 3 is 3.06 bits per heavy atom. The monoisotopic (exact) mass is 250 g/mol. The Morgan fingerprint density at radius 1 is 1.61 bits per heavy atom. The van der Waals surface area contributed by atoms with Crippen molar-refractivity contribution in [3.63, 3.8) is 0 Å². The number of ether oxygens (including phenoxy) is 1. The van der Waals surface area contributed by atoms with Crippen LogP contribution in [0.5, 0.6) is 0 Å². The van der Waals surface area contributed by atoms with E-state index < -0.39 is 0 Å². The number of aryl methyl sites for hydroxylation is 2. The van der Waals surface area contributed by atoms with Crippen LogP contribution < -0.4 is 11.3 Å². The van der Waals surface area contributed by atoms with Gasteiger partial charge >= 0.3 is 0 Å². The fourth-order valence-electron chi connectivity index (χ4n) is 3.44. The molecule has 5 nitrogen and oxygen atoms in total. The number of nitrogens with one attached hydrogen (secondary N) is 1. The van der Waals surface area contributed by atoms with Crippen LogP contribution in [0.2, 0.25) is 0 Å². The minimum atomic E-state index is 0.344. The first-order valence-electron chi connectivity index (χ1n) is 6.85. The largest absolute Gasteiger partial charge is 0.375 e. The minimum absolute atomic E-state index is 0.344. The van der Waals surface area contributed by atoms with E-state index in [1.165, 1.54) is 19.3 Å². The van der Waals surface area contributed by atoms with Gasteiger partial charge in [-0.25, -0.2) is 4.98 Å². The zero-order valence-corrected chi connectivity index (χ0v) is 10.9. The molecule has 0 radical (unpaired) electrons. The standard InChI is InChI=1S/C13H22N4O/c1-17-7-6-15-13(17)5-3-11(16-14)10-8-9-2-4-12(10)18-9/h6-7,9-12,16H,2-5,8,14H2,1H3. The maximum Gasteiger partial charge on any atom is 0.108 e. The van der Waals surface area contributed by atoms with Crippen molar-refractivity contribution in [3.05, 3.63) is 18.2 Å². The van der Waals surface area contributed by atoms with Crippen molar-refractivity contribution in [2.75, 3.05) is 0 Å². The molecule has 2 aliphatic heterocycles. The molecule has 0 amide bonds. The molecule has 4 atom stereocenters. The van der Waals surface area contributed by atoms with Gasteiger partial charge in [0.2, 0.25) is 0 Å². The lowest BCUT2D eigenvalue weighted by Crippen LogP contribution is -2.44. The van der Waals surface area contributed by atoms with E-state index in [2.05, 4.69) is 15.0 Å². The number of nitrogens with zero attached hydrogens (tertiary/aromatic N) is 2. The smallest absolute Gasteiger partial charge is 0.108 e. The Balaban J connectivity index is 1.58. The van der Waals surface area contributed by atoms with Gasteiger partial charge in [-0.05, 0) is 25.7 Å². The number of fused-ring (bicyclic) bond motifs is 2. The Kier molecular flexibility index (Phi) is 3.37. The van der Waals surface area contributed by atoms with Gasteiger partial charge in [0.25, 0.3) is 0 Å². The second-order valence-electron chi connectivity index (χ2n) is 5.54. The maximum atomic E-state index is 5.91. The number of imidazole rings is 1. The molecule has 3 rings (SSSR count). The number of aromatic nitrogens is 2. The molecule has 2 saturated heterocycles. The molecule has 4 unspecified atom stereocenters. The molecule has 0 saturated carbocycles. The van der Waals surface area contributed by atoms with E-state index in [1.807, 2.05) is 19.4 Å². The van der Waals surface area contributed by atoms with Crippen LogP contribution in [0.1, 0.15) is 31.5 Å². The number of rotatable bonds is 5. The highest BCUT2D eigenvalue weighted by Crippen LogP contribution is 2.41. The number of hydrogen-bond acceptors (Lipinski definition) is 4. The molecule has 0 aliphatic carbocycles. The normalized spacial score (nSPS) is 32.0. The lowest BCUT2D eigenvalue weighted by Gasteiger charge is -2.27. The van der Waals surface area contributed by atoms with E-state index in [4.69, 9.17) is 10.6 Å². The van der Waals surface area contributed by atoms with Gasteiger partial charge in [-0.15, -0.1) is 0 Å². The van der Waals surface area contributed by atoms with Crippen molar-refractivity contribution in [2.24, 2.45) is 18.8 Å². The van der Waals surface area contributed by atoms with Crippen LogP contribution in [0, 0.1) is 5.92 Å². The molecule has 2 fully saturated rings. The van der Waals surface area contributed by atoms with Crippen LogP contribution in [0.15, 0.2) is 12.4 Å². The van der Waals surface area contributed by atoms with Crippen molar-refractivity contribution in [2.45, 2.75) is 50.4 Å². The summed E-state index contributed by atoms with van der Waals surface area (Å²) in [7, 11) is 2.04. The van der Waals surface area contributed by atoms with Crippen molar-refractivity contribution in [1.82, 2.24) is 15.0 Å². The summed E-state index contributed by atoms with van der Waals surface area (Å²) in [6, 6.07) is 0.344. The van der Waals surface area contributed by atoms with Crippen molar-refractivity contribution in [3.8, 4) is 0 Å². The zero-order valence-electron chi connectivity index (χ0n) is 10.9. The van der Waals surface area contributed by atoms with Crippen LogP contribution in [-0.2, 0) is 18.2 Å². The van der Waals surface area contributed by atoms with E-state index in [9.17, 15) is 0 Å². The molecule has 0 aromatic carbocycles. The third kappa shape index (κ3) is 2.18. The summed E-state index contributed by atoms with van der Waals surface area (Å²) in [5.74, 6) is 7.43. The molecule has 100 valence electrons. The third-order valence-electron chi connectivity index (χ3n) is 4.48. The minimum Gasteiger partial charge on any atom is -0.375 e. The van der Waals surface area contributed by atoms with Crippen LogP contribution in [-0.4, -0.2) is 27.8 Å². The molecule has 3 heterocycles. The first kappa shape index (κ1) is 12.1. The lowest BCUT2D eigenvalue weighted by atomic mass is 9.82. The van der Waals surface area contributed by atoms with Crippen LogP contribution in [0.25, 0.3) is 0 Å². The van der Waals surface area contributed by atoms with Crippen molar-refractivity contribution in [1.29, 1.82) is 0 Å². The average Bonchev–Trinajstić information content (AvgIpc) is 3.07. The highest BCUT2D eigenvalue weighted by atomic mass is 16.5. The van der Waals surface area contributed by atoms with Gasteiger partial charge in [-0.1, -0.05) is 0 Å². The molecule has 3 N–H and O–H groups in total. The molecular formula is C13H22N4O. The lowest BCUT2D eigenvalue weighted by molar-refractivity contribution is 0.0849. The van der Waals surface area contributed by atoms with Gasteiger partial charge in [-0.3, -0.25) is 11.3 Å². The van der Waals surface area contributed by atoms with Gasteiger partial charge < -0.3 is 9.30 Å². The van der Waals surface area contributed by atoms with Crippen molar-refractivity contribution >= 4 is 0 Å².